The Kier molecular flexibility index (Phi) is 5.94. The Hall–Kier alpha value is -2.38. The number of hydrogen-bond acceptors (Lipinski definition) is 3. The van der Waals surface area contributed by atoms with E-state index >= 15 is 0 Å². The van der Waals surface area contributed by atoms with Crippen molar-refractivity contribution < 1.29 is 18.0 Å². The van der Waals surface area contributed by atoms with Gasteiger partial charge in [-0.15, -0.1) is 5.10 Å². The van der Waals surface area contributed by atoms with Crippen molar-refractivity contribution in [3.63, 3.8) is 0 Å². The molecule has 2 rings (SSSR count). The third-order valence-electron chi connectivity index (χ3n) is 3.57. The first-order valence-corrected chi connectivity index (χ1v) is 7.70. The maximum Gasteiger partial charge on any atom is 0.416 e. The van der Waals surface area contributed by atoms with Crippen molar-refractivity contribution in [2.24, 2.45) is 0 Å². The number of hydrogen-bond donors (Lipinski definition) is 1. The maximum absolute atomic E-state index is 12.9. The summed E-state index contributed by atoms with van der Waals surface area (Å²) < 4.78 is 40.1. The largest absolute Gasteiger partial charge is 0.416 e. The molecule has 1 aromatic carbocycles. The number of amides is 1. The number of rotatable bonds is 7. The highest BCUT2D eigenvalue weighted by Gasteiger charge is 2.31. The van der Waals surface area contributed by atoms with Gasteiger partial charge in [0.05, 0.1) is 24.3 Å². The normalized spacial score (nSPS) is 12.8. The number of aryl methyl sites for hydroxylation is 1. The van der Waals surface area contributed by atoms with Crippen LogP contribution in [0.5, 0.6) is 0 Å². The van der Waals surface area contributed by atoms with Gasteiger partial charge in [0.2, 0.25) is 5.91 Å². The molecule has 0 saturated heterocycles. The number of carbonyl (C=O) groups excluding carboxylic acids is 1. The molecular weight excluding hydrogens is 321 g/mol. The Balaban J connectivity index is 2.04. The topological polar surface area (TPSA) is 59.8 Å². The zero-order valence-corrected chi connectivity index (χ0v) is 13.3. The summed E-state index contributed by atoms with van der Waals surface area (Å²) in [6.45, 7) is 2.29. The van der Waals surface area contributed by atoms with Gasteiger partial charge in [-0.3, -0.25) is 9.48 Å². The van der Waals surface area contributed by atoms with Crippen molar-refractivity contribution in [3.8, 4) is 0 Å². The molecule has 5 nitrogen and oxygen atoms in total. The molecule has 1 N–H and O–H groups in total. The van der Waals surface area contributed by atoms with Gasteiger partial charge in [0.15, 0.2) is 0 Å². The summed E-state index contributed by atoms with van der Waals surface area (Å²) in [4.78, 5) is 12.1. The van der Waals surface area contributed by atoms with Crippen molar-refractivity contribution in [1.29, 1.82) is 0 Å². The molecule has 2 aromatic rings. The Morgan fingerprint density at radius 2 is 2.17 bits per heavy atom. The van der Waals surface area contributed by atoms with Crippen LogP contribution in [0.1, 0.15) is 43.4 Å². The number of benzene rings is 1. The Bertz CT molecular complexity index is 656. The minimum atomic E-state index is -4.40. The fourth-order valence-corrected chi connectivity index (χ4v) is 2.38. The summed E-state index contributed by atoms with van der Waals surface area (Å²) in [7, 11) is 0. The summed E-state index contributed by atoms with van der Waals surface area (Å²) in [5.41, 5.74) is -0.251. The zero-order chi connectivity index (χ0) is 17.6. The molecule has 0 aliphatic carbocycles. The molecule has 1 heterocycles. The van der Waals surface area contributed by atoms with E-state index in [1.165, 1.54) is 16.9 Å². The summed E-state index contributed by atoms with van der Waals surface area (Å²) in [5.74, 6) is -0.235. The second-order valence-corrected chi connectivity index (χ2v) is 5.45. The molecule has 0 saturated carbocycles. The highest BCUT2D eigenvalue weighted by atomic mass is 19.4. The summed E-state index contributed by atoms with van der Waals surface area (Å²) in [6, 6.07) is 4.65. The Labute approximate surface area is 137 Å². The SMILES string of the molecule is CCCC(NC(=O)CCn1ccnn1)c1cccc(C(F)(F)F)c1. The quantitative estimate of drug-likeness (QED) is 0.841. The first-order chi connectivity index (χ1) is 11.4. The molecule has 0 aliphatic heterocycles. The van der Waals surface area contributed by atoms with E-state index in [1.54, 1.807) is 12.3 Å². The van der Waals surface area contributed by atoms with E-state index in [0.717, 1.165) is 18.6 Å². The number of aromatic nitrogens is 3. The van der Waals surface area contributed by atoms with Gasteiger partial charge in [0, 0.05) is 12.6 Å². The molecule has 0 bridgehead atoms. The van der Waals surface area contributed by atoms with Crippen LogP contribution in [0.15, 0.2) is 36.7 Å². The molecule has 24 heavy (non-hydrogen) atoms. The molecular formula is C16H19F3N4O. The van der Waals surface area contributed by atoms with Crippen molar-refractivity contribution >= 4 is 5.91 Å². The maximum atomic E-state index is 12.9. The molecule has 1 aromatic heterocycles. The van der Waals surface area contributed by atoms with Crippen molar-refractivity contribution in [2.75, 3.05) is 0 Å². The van der Waals surface area contributed by atoms with Crippen molar-refractivity contribution in [1.82, 2.24) is 20.3 Å². The first-order valence-electron chi connectivity index (χ1n) is 7.70. The highest BCUT2D eigenvalue weighted by Crippen LogP contribution is 2.31. The lowest BCUT2D eigenvalue weighted by molar-refractivity contribution is -0.137. The van der Waals surface area contributed by atoms with E-state index in [-0.39, 0.29) is 12.3 Å². The molecule has 0 fully saturated rings. The fourth-order valence-electron chi connectivity index (χ4n) is 2.38. The van der Waals surface area contributed by atoms with Crippen molar-refractivity contribution in [3.05, 3.63) is 47.8 Å². The molecule has 130 valence electrons. The van der Waals surface area contributed by atoms with Crippen LogP contribution < -0.4 is 5.32 Å². The average molecular weight is 340 g/mol. The average Bonchev–Trinajstić information content (AvgIpc) is 3.05. The standard InChI is InChI=1S/C16H19F3N4O/c1-2-4-14(12-5-3-6-13(11-12)16(17,18)19)21-15(24)7-9-23-10-8-20-22-23/h3,5-6,8,10-11,14H,2,4,7,9H2,1H3,(H,21,24). The molecule has 8 heteroatoms. The summed E-state index contributed by atoms with van der Waals surface area (Å²) in [5, 5.41) is 10.2. The van der Waals surface area contributed by atoms with Gasteiger partial charge < -0.3 is 5.32 Å². The lowest BCUT2D eigenvalue weighted by Gasteiger charge is -2.20. The number of halogens is 3. The van der Waals surface area contributed by atoms with Gasteiger partial charge in [-0.05, 0) is 24.1 Å². The minimum Gasteiger partial charge on any atom is -0.349 e. The van der Waals surface area contributed by atoms with Crippen LogP contribution in [0.4, 0.5) is 13.2 Å². The fraction of sp³-hybridized carbons (Fsp3) is 0.438. The molecule has 1 atom stereocenters. The second-order valence-electron chi connectivity index (χ2n) is 5.45. The van der Waals surface area contributed by atoms with Crippen LogP contribution in [0.2, 0.25) is 0 Å². The van der Waals surface area contributed by atoms with Gasteiger partial charge in [0.25, 0.3) is 0 Å². The lowest BCUT2D eigenvalue weighted by atomic mass is 9.99. The van der Waals surface area contributed by atoms with Crippen LogP contribution in [-0.2, 0) is 17.5 Å². The second kappa shape index (κ2) is 7.94. The summed E-state index contributed by atoms with van der Waals surface area (Å²) in [6.07, 6.45) is 0.247. The van der Waals surface area contributed by atoms with Gasteiger partial charge in [-0.1, -0.05) is 30.7 Å². The van der Waals surface area contributed by atoms with Crippen LogP contribution in [0.3, 0.4) is 0 Å². The van der Waals surface area contributed by atoms with E-state index in [4.69, 9.17) is 0 Å². The zero-order valence-electron chi connectivity index (χ0n) is 13.3. The monoisotopic (exact) mass is 340 g/mol. The van der Waals surface area contributed by atoms with Crippen LogP contribution in [0, 0.1) is 0 Å². The van der Waals surface area contributed by atoms with Gasteiger partial charge in [-0.25, -0.2) is 0 Å². The Morgan fingerprint density at radius 3 is 2.79 bits per heavy atom. The predicted octanol–water partition coefficient (Wildman–Crippen LogP) is 3.34. The molecule has 0 aliphatic rings. The third-order valence-corrected chi connectivity index (χ3v) is 3.57. The number of alkyl halides is 3. The Morgan fingerprint density at radius 1 is 1.38 bits per heavy atom. The molecule has 0 radical (unpaired) electrons. The van der Waals surface area contributed by atoms with Gasteiger partial charge in [0.1, 0.15) is 0 Å². The first kappa shape index (κ1) is 18.0. The predicted molar refractivity (Wildman–Crippen MR) is 81.9 cm³/mol. The van der Waals surface area contributed by atoms with Gasteiger partial charge >= 0.3 is 6.18 Å². The van der Waals surface area contributed by atoms with E-state index in [9.17, 15) is 18.0 Å². The highest BCUT2D eigenvalue weighted by molar-refractivity contribution is 5.76. The van der Waals surface area contributed by atoms with Crippen LogP contribution >= 0.6 is 0 Å². The molecule has 1 amide bonds. The molecule has 0 spiro atoms. The van der Waals surface area contributed by atoms with E-state index in [2.05, 4.69) is 15.6 Å². The number of carbonyl (C=O) groups is 1. The minimum absolute atomic E-state index is 0.183. The van der Waals surface area contributed by atoms with Crippen LogP contribution in [-0.4, -0.2) is 20.9 Å². The third kappa shape index (κ3) is 5.07. The van der Waals surface area contributed by atoms with E-state index in [1.807, 2.05) is 6.92 Å². The van der Waals surface area contributed by atoms with E-state index in [0.29, 0.717) is 18.5 Å². The van der Waals surface area contributed by atoms with Gasteiger partial charge in [-0.2, -0.15) is 13.2 Å². The summed E-state index contributed by atoms with van der Waals surface area (Å²) >= 11 is 0. The molecule has 1 unspecified atom stereocenters. The lowest BCUT2D eigenvalue weighted by Crippen LogP contribution is -2.29. The van der Waals surface area contributed by atoms with E-state index < -0.39 is 17.8 Å². The van der Waals surface area contributed by atoms with Crippen LogP contribution in [0.25, 0.3) is 0 Å². The number of nitrogens with zero attached hydrogens (tertiary/aromatic N) is 3. The number of nitrogens with one attached hydrogen (secondary N) is 1. The smallest absolute Gasteiger partial charge is 0.349 e. The van der Waals surface area contributed by atoms with Crippen molar-refractivity contribution in [2.45, 2.75) is 44.9 Å².